The Balaban J connectivity index is 2.00. The van der Waals surface area contributed by atoms with E-state index in [1.54, 1.807) is 0 Å². The fourth-order valence-corrected chi connectivity index (χ4v) is 3.29. The van der Waals surface area contributed by atoms with E-state index in [0.717, 1.165) is 42.7 Å². The maximum Gasteiger partial charge on any atom is 0.0709 e. The Hall–Kier alpha value is -0.470. The van der Waals surface area contributed by atoms with E-state index in [1.165, 1.54) is 12.8 Å². The Morgan fingerprint density at radius 3 is 3.05 bits per heavy atom. The molecule has 0 saturated carbocycles. The molecule has 6 nitrogen and oxygen atoms in total. The highest BCUT2D eigenvalue weighted by Crippen LogP contribution is 2.28. The zero-order chi connectivity index (χ0) is 15.2. The van der Waals surface area contributed by atoms with Gasteiger partial charge in [-0.3, -0.25) is 16.0 Å². The van der Waals surface area contributed by atoms with Crippen molar-refractivity contribution in [3.63, 3.8) is 0 Å². The van der Waals surface area contributed by atoms with Crippen molar-refractivity contribution in [3.05, 3.63) is 16.4 Å². The number of ether oxygens (including phenoxy) is 1. The van der Waals surface area contributed by atoms with Crippen LogP contribution in [0.5, 0.6) is 0 Å². The predicted molar refractivity (Wildman–Crippen MR) is 86.8 cm³/mol. The molecule has 1 saturated heterocycles. The smallest absolute Gasteiger partial charge is 0.0709 e. The molecule has 0 spiro atoms. The molecule has 2 rings (SSSR count). The van der Waals surface area contributed by atoms with Crippen LogP contribution in [0.15, 0.2) is 10.7 Å². The van der Waals surface area contributed by atoms with E-state index < -0.39 is 0 Å². The lowest BCUT2D eigenvalue weighted by atomic mass is 10.0. The fourth-order valence-electron chi connectivity index (χ4n) is 2.71. The molecule has 1 aliphatic heterocycles. The van der Waals surface area contributed by atoms with Crippen LogP contribution in [-0.4, -0.2) is 48.0 Å². The SMILES string of the molecule is CN(C)CCn1ncc(Br)c1C(CCC1CCCO1)NN. The standard InChI is InChI=1S/C14H26BrN5O/c1-19(2)7-8-20-14(12(15)10-17-20)13(18-16)6-5-11-4-3-9-21-11/h10-11,13,18H,3-9,16H2,1-2H3. The molecule has 120 valence electrons. The third kappa shape index (κ3) is 4.75. The van der Waals surface area contributed by atoms with Crippen LogP contribution in [0.4, 0.5) is 0 Å². The number of aromatic nitrogens is 2. The number of hydrazine groups is 1. The molecule has 1 aromatic rings. The van der Waals surface area contributed by atoms with Gasteiger partial charge in [0.25, 0.3) is 0 Å². The third-order valence-corrected chi connectivity index (χ3v) is 4.54. The zero-order valence-electron chi connectivity index (χ0n) is 12.9. The summed E-state index contributed by atoms with van der Waals surface area (Å²) in [7, 11) is 4.13. The Morgan fingerprint density at radius 2 is 2.43 bits per heavy atom. The molecule has 7 heteroatoms. The summed E-state index contributed by atoms with van der Waals surface area (Å²) in [5, 5.41) is 4.45. The Kier molecular flexibility index (Phi) is 6.63. The molecule has 0 aliphatic carbocycles. The molecule has 0 aromatic carbocycles. The van der Waals surface area contributed by atoms with Gasteiger partial charge >= 0.3 is 0 Å². The molecule has 2 unspecified atom stereocenters. The predicted octanol–water partition coefficient (Wildman–Crippen LogP) is 1.67. The van der Waals surface area contributed by atoms with Crippen molar-refractivity contribution in [2.75, 3.05) is 27.2 Å². The fraction of sp³-hybridized carbons (Fsp3) is 0.786. The van der Waals surface area contributed by atoms with E-state index in [9.17, 15) is 0 Å². The van der Waals surface area contributed by atoms with Gasteiger partial charge in [0.2, 0.25) is 0 Å². The van der Waals surface area contributed by atoms with Crippen LogP contribution in [0, 0.1) is 0 Å². The zero-order valence-corrected chi connectivity index (χ0v) is 14.5. The number of nitrogens with one attached hydrogen (secondary N) is 1. The number of hydrogen-bond donors (Lipinski definition) is 2. The number of likely N-dealkylation sites (N-methyl/N-ethyl adjacent to an activating group) is 1. The summed E-state index contributed by atoms with van der Waals surface area (Å²) in [5.41, 5.74) is 4.06. The Bertz CT molecular complexity index is 431. The Morgan fingerprint density at radius 1 is 1.62 bits per heavy atom. The van der Waals surface area contributed by atoms with Crippen molar-refractivity contribution in [1.82, 2.24) is 20.1 Å². The van der Waals surface area contributed by atoms with Crippen molar-refractivity contribution >= 4 is 15.9 Å². The average molecular weight is 360 g/mol. The molecule has 0 bridgehead atoms. The van der Waals surface area contributed by atoms with Crippen molar-refractivity contribution in [2.24, 2.45) is 5.84 Å². The van der Waals surface area contributed by atoms with Gasteiger partial charge in [-0.1, -0.05) is 0 Å². The minimum atomic E-state index is 0.0910. The van der Waals surface area contributed by atoms with Gasteiger partial charge in [0.1, 0.15) is 0 Å². The van der Waals surface area contributed by atoms with E-state index in [4.69, 9.17) is 10.6 Å². The van der Waals surface area contributed by atoms with Gasteiger partial charge in [-0.15, -0.1) is 0 Å². The second kappa shape index (κ2) is 8.24. The average Bonchev–Trinajstić information content (AvgIpc) is 3.08. The quantitative estimate of drug-likeness (QED) is 0.545. The van der Waals surface area contributed by atoms with Gasteiger partial charge in [-0.2, -0.15) is 5.10 Å². The van der Waals surface area contributed by atoms with Crippen molar-refractivity contribution in [3.8, 4) is 0 Å². The summed E-state index contributed by atoms with van der Waals surface area (Å²) >= 11 is 3.60. The maximum absolute atomic E-state index is 5.78. The molecule has 21 heavy (non-hydrogen) atoms. The van der Waals surface area contributed by atoms with Gasteiger partial charge in [-0.05, 0) is 55.7 Å². The van der Waals surface area contributed by atoms with Crippen LogP contribution in [-0.2, 0) is 11.3 Å². The van der Waals surface area contributed by atoms with Gasteiger partial charge < -0.3 is 9.64 Å². The number of nitrogens with two attached hydrogens (primary N) is 1. The van der Waals surface area contributed by atoms with E-state index in [-0.39, 0.29) is 6.04 Å². The number of rotatable bonds is 8. The minimum absolute atomic E-state index is 0.0910. The second-order valence-electron chi connectivity index (χ2n) is 5.84. The number of halogens is 1. The molecule has 1 aromatic heterocycles. The molecule has 1 fully saturated rings. The van der Waals surface area contributed by atoms with Gasteiger partial charge in [0.05, 0.1) is 35.1 Å². The summed E-state index contributed by atoms with van der Waals surface area (Å²) in [4.78, 5) is 2.15. The summed E-state index contributed by atoms with van der Waals surface area (Å²) < 4.78 is 8.74. The molecule has 1 aliphatic rings. The molecule has 3 N–H and O–H groups in total. The molecular formula is C14H26BrN5O. The van der Waals surface area contributed by atoms with Gasteiger partial charge in [0, 0.05) is 13.2 Å². The highest BCUT2D eigenvalue weighted by Gasteiger charge is 2.22. The monoisotopic (exact) mass is 359 g/mol. The summed E-state index contributed by atoms with van der Waals surface area (Å²) in [5.74, 6) is 5.78. The summed E-state index contributed by atoms with van der Waals surface area (Å²) in [6.45, 7) is 2.70. The molecule has 0 radical (unpaired) electrons. The van der Waals surface area contributed by atoms with E-state index in [2.05, 4.69) is 45.4 Å². The highest BCUT2D eigenvalue weighted by molar-refractivity contribution is 9.10. The highest BCUT2D eigenvalue weighted by atomic mass is 79.9. The lowest BCUT2D eigenvalue weighted by Crippen LogP contribution is -2.32. The summed E-state index contributed by atoms with van der Waals surface area (Å²) in [6.07, 6.45) is 6.56. The third-order valence-electron chi connectivity index (χ3n) is 3.92. The first-order valence-electron chi connectivity index (χ1n) is 7.55. The van der Waals surface area contributed by atoms with E-state index in [1.807, 2.05) is 10.9 Å². The van der Waals surface area contributed by atoms with Crippen molar-refractivity contribution in [2.45, 2.75) is 44.4 Å². The topological polar surface area (TPSA) is 68.3 Å². The van der Waals surface area contributed by atoms with Crippen LogP contribution in [0.25, 0.3) is 0 Å². The number of hydrogen-bond acceptors (Lipinski definition) is 5. The first-order valence-corrected chi connectivity index (χ1v) is 8.34. The van der Waals surface area contributed by atoms with E-state index >= 15 is 0 Å². The van der Waals surface area contributed by atoms with Crippen LogP contribution in [0.1, 0.15) is 37.4 Å². The van der Waals surface area contributed by atoms with Gasteiger partial charge in [-0.25, -0.2) is 0 Å². The first kappa shape index (κ1) is 16.9. The number of nitrogens with zero attached hydrogens (tertiary/aromatic N) is 3. The minimum Gasteiger partial charge on any atom is -0.378 e. The first-order chi connectivity index (χ1) is 10.1. The van der Waals surface area contributed by atoms with Crippen LogP contribution >= 0.6 is 15.9 Å². The molecular weight excluding hydrogens is 334 g/mol. The van der Waals surface area contributed by atoms with Crippen molar-refractivity contribution < 1.29 is 4.74 Å². The normalized spacial score (nSPS) is 20.3. The van der Waals surface area contributed by atoms with Crippen LogP contribution in [0.2, 0.25) is 0 Å². The Labute approximate surface area is 135 Å². The summed E-state index contributed by atoms with van der Waals surface area (Å²) in [6, 6.07) is 0.0910. The largest absolute Gasteiger partial charge is 0.378 e. The molecule has 0 amide bonds. The molecule has 2 atom stereocenters. The van der Waals surface area contributed by atoms with Crippen LogP contribution in [0.3, 0.4) is 0 Å². The van der Waals surface area contributed by atoms with Crippen LogP contribution < -0.4 is 11.3 Å². The lowest BCUT2D eigenvalue weighted by molar-refractivity contribution is 0.0992. The van der Waals surface area contributed by atoms with E-state index in [0.29, 0.717) is 6.10 Å². The van der Waals surface area contributed by atoms with Crippen molar-refractivity contribution in [1.29, 1.82) is 0 Å². The lowest BCUT2D eigenvalue weighted by Gasteiger charge is -2.21. The maximum atomic E-state index is 5.78. The van der Waals surface area contributed by atoms with Gasteiger partial charge in [0.15, 0.2) is 0 Å². The second-order valence-corrected chi connectivity index (χ2v) is 6.69. The molecule has 2 heterocycles.